The maximum Gasteiger partial charge on any atom is 0.244 e. The lowest BCUT2D eigenvalue weighted by Crippen LogP contribution is -2.43. The summed E-state index contributed by atoms with van der Waals surface area (Å²) in [5, 5.41) is 11.5. The molecule has 32 heavy (non-hydrogen) atoms. The van der Waals surface area contributed by atoms with E-state index in [-0.39, 0.29) is 22.4 Å². The number of halogens is 1. The third-order valence-electron chi connectivity index (χ3n) is 5.42. The summed E-state index contributed by atoms with van der Waals surface area (Å²) >= 11 is 1.15. The smallest absolute Gasteiger partial charge is 0.244 e. The first-order chi connectivity index (χ1) is 15.2. The van der Waals surface area contributed by atoms with Crippen LogP contribution in [-0.2, 0) is 14.8 Å². The monoisotopic (exact) mass is 474 g/mol. The van der Waals surface area contributed by atoms with Crippen LogP contribution in [0.3, 0.4) is 0 Å². The molecule has 4 rings (SSSR count). The third-order valence-corrected chi connectivity index (χ3v) is 8.53. The number of hydrogen-bond donors (Lipinski definition) is 1. The average molecular weight is 475 g/mol. The number of benzene rings is 2. The molecular weight excluding hydrogens is 451 g/mol. The lowest BCUT2D eigenvalue weighted by molar-refractivity contribution is -0.119. The Morgan fingerprint density at radius 3 is 2.44 bits per heavy atom. The van der Waals surface area contributed by atoms with Gasteiger partial charge in [-0.15, -0.1) is 10.2 Å². The van der Waals surface area contributed by atoms with Crippen LogP contribution < -0.4 is 5.32 Å². The SMILES string of the molecule is Cc1cc(C)c(S(=O)(=O)N2CCCC2C(=O)Nc2nnc(-c3ccc(F)cc3)s2)c(C)c1. The minimum atomic E-state index is -3.84. The molecule has 0 saturated carbocycles. The second-order valence-corrected chi connectivity index (χ2v) is 10.7. The highest BCUT2D eigenvalue weighted by Crippen LogP contribution is 2.32. The van der Waals surface area contributed by atoms with Crippen molar-refractivity contribution >= 4 is 32.4 Å². The molecule has 7 nitrogen and oxygen atoms in total. The van der Waals surface area contributed by atoms with E-state index < -0.39 is 22.0 Å². The molecule has 2 heterocycles. The van der Waals surface area contributed by atoms with Crippen LogP contribution in [0.2, 0.25) is 0 Å². The molecule has 2 aromatic carbocycles. The molecule has 1 aromatic heterocycles. The zero-order valence-electron chi connectivity index (χ0n) is 17.9. The fourth-order valence-corrected chi connectivity index (χ4v) is 6.98. The van der Waals surface area contributed by atoms with E-state index in [1.807, 2.05) is 19.1 Å². The first kappa shape index (κ1) is 22.5. The molecule has 1 saturated heterocycles. The molecule has 0 aliphatic carbocycles. The fourth-order valence-electron chi connectivity index (χ4n) is 4.15. The van der Waals surface area contributed by atoms with Gasteiger partial charge in [0.25, 0.3) is 0 Å². The molecule has 1 fully saturated rings. The van der Waals surface area contributed by atoms with Crippen molar-refractivity contribution in [3.8, 4) is 10.6 Å². The third kappa shape index (κ3) is 4.30. The van der Waals surface area contributed by atoms with Crippen LogP contribution in [0.15, 0.2) is 41.3 Å². The Labute approximate surface area is 190 Å². The maximum atomic E-state index is 13.5. The Balaban J connectivity index is 1.55. The highest BCUT2D eigenvalue weighted by molar-refractivity contribution is 7.89. The number of rotatable bonds is 5. The van der Waals surface area contributed by atoms with E-state index in [4.69, 9.17) is 0 Å². The van der Waals surface area contributed by atoms with Crippen molar-refractivity contribution in [2.45, 2.75) is 44.6 Å². The lowest BCUT2D eigenvalue weighted by Gasteiger charge is -2.25. The molecule has 1 unspecified atom stereocenters. The van der Waals surface area contributed by atoms with E-state index in [0.717, 1.165) is 16.9 Å². The molecule has 1 aliphatic heterocycles. The highest BCUT2D eigenvalue weighted by atomic mass is 32.2. The van der Waals surface area contributed by atoms with Gasteiger partial charge in [-0.05, 0) is 69.0 Å². The summed E-state index contributed by atoms with van der Waals surface area (Å²) in [4.78, 5) is 13.3. The van der Waals surface area contributed by atoms with Crippen molar-refractivity contribution in [1.82, 2.24) is 14.5 Å². The first-order valence-corrected chi connectivity index (χ1v) is 12.4. The van der Waals surface area contributed by atoms with Gasteiger partial charge in [0, 0.05) is 12.1 Å². The van der Waals surface area contributed by atoms with Gasteiger partial charge in [0.15, 0.2) is 0 Å². The predicted octanol–water partition coefficient (Wildman–Crippen LogP) is 4.06. The topological polar surface area (TPSA) is 92.3 Å². The van der Waals surface area contributed by atoms with E-state index >= 15 is 0 Å². The zero-order valence-corrected chi connectivity index (χ0v) is 19.6. The van der Waals surface area contributed by atoms with Crippen LogP contribution in [0.5, 0.6) is 0 Å². The maximum absolute atomic E-state index is 13.5. The number of carbonyl (C=O) groups excluding carboxylic acids is 1. The number of hydrogen-bond acceptors (Lipinski definition) is 6. The van der Waals surface area contributed by atoms with E-state index in [1.54, 1.807) is 26.0 Å². The van der Waals surface area contributed by atoms with Crippen molar-refractivity contribution in [1.29, 1.82) is 0 Å². The van der Waals surface area contributed by atoms with Crippen molar-refractivity contribution in [2.24, 2.45) is 0 Å². The van der Waals surface area contributed by atoms with Gasteiger partial charge in [-0.2, -0.15) is 4.31 Å². The van der Waals surface area contributed by atoms with Crippen molar-refractivity contribution in [3.05, 3.63) is 58.9 Å². The number of nitrogens with zero attached hydrogens (tertiary/aromatic N) is 3. The summed E-state index contributed by atoms with van der Waals surface area (Å²) < 4.78 is 41.3. The number of aryl methyl sites for hydroxylation is 3. The van der Waals surface area contributed by atoms with Gasteiger partial charge in [0.1, 0.15) is 16.9 Å². The van der Waals surface area contributed by atoms with Crippen molar-refractivity contribution in [3.63, 3.8) is 0 Å². The van der Waals surface area contributed by atoms with Crippen LogP contribution in [0, 0.1) is 26.6 Å². The summed E-state index contributed by atoms with van der Waals surface area (Å²) in [6, 6.07) is 8.67. The highest BCUT2D eigenvalue weighted by Gasteiger charge is 2.40. The number of carbonyl (C=O) groups is 1. The Hall–Kier alpha value is -2.69. The molecular formula is C22H23FN4O3S2. The largest absolute Gasteiger partial charge is 0.299 e. The number of amides is 1. The second kappa shape index (κ2) is 8.68. The molecule has 3 aromatic rings. The van der Waals surface area contributed by atoms with Crippen LogP contribution >= 0.6 is 11.3 Å². The minimum absolute atomic E-state index is 0.261. The lowest BCUT2D eigenvalue weighted by atomic mass is 10.1. The summed E-state index contributed by atoms with van der Waals surface area (Å²) in [7, 11) is -3.84. The van der Waals surface area contributed by atoms with Crippen molar-refractivity contribution < 1.29 is 17.6 Å². The number of nitrogens with one attached hydrogen (secondary N) is 1. The second-order valence-electron chi connectivity index (χ2n) is 7.91. The molecule has 1 atom stereocenters. The van der Waals surface area contributed by atoms with Gasteiger partial charge in [0.05, 0.1) is 4.90 Å². The Kier molecular flexibility index (Phi) is 6.11. The molecule has 1 N–H and O–H groups in total. The first-order valence-electron chi connectivity index (χ1n) is 10.2. The Morgan fingerprint density at radius 2 is 1.78 bits per heavy atom. The van der Waals surface area contributed by atoms with Gasteiger partial charge in [-0.3, -0.25) is 10.1 Å². The zero-order chi connectivity index (χ0) is 23.0. The normalized spacial score (nSPS) is 16.9. The molecule has 10 heteroatoms. The quantitative estimate of drug-likeness (QED) is 0.602. The van der Waals surface area contributed by atoms with E-state index in [0.29, 0.717) is 34.5 Å². The molecule has 168 valence electrons. The van der Waals surface area contributed by atoms with Gasteiger partial charge < -0.3 is 0 Å². The fraction of sp³-hybridized carbons (Fsp3) is 0.318. The summed E-state index contributed by atoms with van der Waals surface area (Å²) in [5.74, 6) is -0.788. The van der Waals surface area contributed by atoms with Crippen LogP contribution in [-0.4, -0.2) is 41.4 Å². The van der Waals surface area contributed by atoms with E-state index in [9.17, 15) is 17.6 Å². The number of anilines is 1. The van der Waals surface area contributed by atoms with Crippen molar-refractivity contribution in [2.75, 3.05) is 11.9 Å². The minimum Gasteiger partial charge on any atom is -0.299 e. The molecule has 1 amide bonds. The van der Waals surface area contributed by atoms with Gasteiger partial charge >= 0.3 is 0 Å². The van der Waals surface area contributed by atoms with E-state index in [1.165, 1.54) is 16.4 Å². The van der Waals surface area contributed by atoms with Crippen LogP contribution in [0.25, 0.3) is 10.6 Å². The van der Waals surface area contributed by atoms with Crippen LogP contribution in [0.1, 0.15) is 29.5 Å². The Bertz CT molecular complexity index is 1250. The molecule has 1 aliphatic rings. The number of sulfonamides is 1. The van der Waals surface area contributed by atoms with Crippen LogP contribution in [0.4, 0.5) is 9.52 Å². The molecule has 0 radical (unpaired) electrons. The average Bonchev–Trinajstić information content (AvgIpc) is 3.37. The van der Waals surface area contributed by atoms with Gasteiger partial charge in [-0.1, -0.05) is 29.0 Å². The Morgan fingerprint density at radius 1 is 1.12 bits per heavy atom. The number of aromatic nitrogens is 2. The van der Waals surface area contributed by atoms with E-state index in [2.05, 4.69) is 15.5 Å². The summed E-state index contributed by atoms with van der Waals surface area (Å²) in [6.45, 7) is 5.75. The molecule has 0 spiro atoms. The van der Waals surface area contributed by atoms with Gasteiger partial charge in [0.2, 0.25) is 21.1 Å². The summed E-state index contributed by atoms with van der Waals surface area (Å²) in [6.07, 6.45) is 1.02. The molecule has 0 bridgehead atoms. The predicted molar refractivity (Wildman–Crippen MR) is 121 cm³/mol. The summed E-state index contributed by atoms with van der Waals surface area (Å²) in [5.41, 5.74) is 3.01. The standard InChI is InChI=1S/C22H23FN4O3S2/c1-13-11-14(2)19(15(3)12-13)32(29,30)27-10-4-5-18(27)20(28)24-22-26-25-21(31-22)16-6-8-17(23)9-7-16/h6-9,11-12,18H,4-5,10H2,1-3H3,(H,24,26,28). The van der Waals surface area contributed by atoms with Gasteiger partial charge in [-0.25, -0.2) is 12.8 Å².